The summed E-state index contributed by atoms with van der Waals surface area (Å²) in [6.07, 6.45) is 0. The topological polar surface area (TPSA) is 49.9 Å². The molecule has 1 saturated heterocycles. The van der Waals surface area contributed by atoms with Gasteiger partial charge in [-0.1, -0.05) is 17.7 Å². The molecule has 0 bridgehead atoms. The van der Waals surface area contributed by atoms with E-state index in [1.54, 1.807) is 11.4 Å². The van der Waals surface area contributed by atoms with Crippen molar-refractivity contribution in [3.63, 3.8) is 0 Å². The van der Waals surface area contributed by atoms with Crippen LogP contribution in [0.5, 0.6) is 5.75 Å². The lowest BCUT2D eigenvalue weighted by atomic mass is 10.1. The van der Waals surface area contributed by atoms with Gasteiger partial charge >= 0.3 is 0 Å². The number of piperazine rings is 1. The number of ether oxygens (including phenoxy) is 1. The van der Waals surface area contributed by atoms with Crippen LogP contribution in [0.25, 0.3) is 0 Å². The third-order valence-electron chi connectivity index (χ3n) is 4.88. The van der Waals surface area contributed by atoms with E-state index in [4.69, 9.17) is 4.74 Å². The number of sulfonamides is 1. The second kappa shape index (κ2) is 7.29. The van der Waals surface area contributed by atoms with Crippen LogP contribution in [0.3, 0.4) is 0 Å². The standard InChI is InChI=1S/C20H26N2O3S/c1-15-13-16(2)20(17(3)14-15)26(23,24)22-11-9-21(10-12-22)18-5-7-19(25-4)8-6-18/h5-8,13-14H,9-12H2,1-4H3. The zero-order valence-electron chi connectivity index (χ0n) is 15.8. The largest absolute Gasteiger partial charge is 0.497 e. The van der Waals surface area contributed by atoms with Crippen molar-refractivity contribution >= 4 is 15.7 Å². The Labute approximate surface area is 156 Å². The fourth-order valence-electron chi connectivity index (χ4n) is 3.68. The highest BCUT2D eigenvalue weighted by Gasteiger charge is 2.31. The summed E-state index contributed by atoms with van der Waals surface area (Å²) in [7, 11) is -1.82. The lowest BCUT2D eigenvalue weighted by Gasteiger charge is -2.36. The quantitative estimate of drug-likeness (QED) is 0.825. The van der Waals surface area contributed by atoms with Gasteiger partial charge in [-0.25, -0.2) is 8.42 Å². The smallest absolute Gasteiger partial charge is 0.243 e. The maximum Gasteiger partial charge on any atom is 0.243 e. The molecule has 0 spiro atoms. The molecule has 26 heavy (non-hydrogen) atoms. The first-order chi connectivity index (χ1) is 12.3. The number of hydrogen-bond acceptors (Lipinski definition) is 4. The highest BCUT2D eigenvalue weighted by atomic mass is 32.2. The van der Waals surface area contributed by atoms with Crippen molar-refractivity contribution in [3.8, 4) is 5.75 Å². The van der Waals surface area contributed by atoms with Gasteiger partial charge in [0.15, 0.2) is 0 Å². The van der Waals surface area contributed by atoms with Crippen LogP contribution >= 0.6 is 0 Å². The van der Waals surface area contributed by atoms with Gasteiger partial charge in [-0.3, -0.25) is 0 Å². The van der Waals surface area contributed by atoms with Crippen molar-refractivity contribution in [2.24, 2.45) is 0 Å². The highest BCUT2D eigenvalue weighted by Crippen LogP contribution is 2.27. The number of nitrogens with zero attached hydrogens (tertiary/aromatic N) is 2. The molecule has 1 aliphatic heterocycles. The van der Waals surface area contributed by atoms with E-state index < -0.39 is 10.0 Å². The first-order valence-electron chi connectivity index (χ1n) is 8.80. The molecular formula is C20H26N2O3S. The molecule has 0 N–H and O–H groups in total. The predicted octanol–water partition coefficient (Wildman–Crippen LogP) is 3.13. The molecule has 0 amide bonds. The van der Waals surface area contributed by atoms with E-state index in [1.165, 1.54) is 0 Å². The second-order valence-corrected chi connectivity index (χ2v) is 8.69. The van der Waals surface area contributed by atoms with Gasteiger partial charge in [0.2, 0.25) is 10.0 Å². The zero-order chi connectivity index (χ0) is 18.9. The first kappa shape index (κ1) is 18.7. The number of rotatable bonds is 4. The predicted molar refractivity (Wildman–Crippen MR) is 105 cm³/mol. The molecule has 0 saturated carbocycles. The van der Waals surface area contributed by atoms with Crippen LogP contribution < -0.4 is 9.64 Å². The van der Waals surface area contributed by atoms with Crippen LogP contribution in [0.2, 0.25) is 0 Å². The molecule has 1 aliphatic rings. The van der Waals surface area contributed by atoms with Gasteiger partial charge in [0.1, 0.15) is 5.75 Å². The highest BCUT2D eigenvalue weighted by molar-refractivity contribution is 7.89. The van der Waals surface area contributed by atoms with E-state index >= 15 is 0 Å². The van der Waals surface area contributed by atoms with Gasteiger partial charge in [0, 0.05) is 31.9 Å². The molecule has 0 aliphatic carbocycles. The summed E-state index contributed by atoms with van der Waals surface area (Å²) in [6.45, 7) is 8.07. The Balaban J connectivity index is 1.76. The molecule has 1 heterocycles. The summed E-state index contributed by atoms with van der Waals surface area (Å²) in [4.78, 5) is 2.67. The normalized spacial score (nSPS) is 15.9. The maximum absolute atomic E-state index is 13.2. The van der Waals surface area contributed by atoms with Crippen molar-refractivity contribution < 1.29 is 13.2 Å². The summed E-state index contributed by atoms with van der Waals surface area (Å²) in [5.41, 5.74) is 3.81. The van der Waals surface area contributed by atoms with Gasteiger partial charge in [0.25, 0.3) is 0 Å². The molecule has 2 aromatic rings. The van der Waals surface area contributed by atoms with E-state index in [2.05, 4.69) is 4.90 Å². The second-order valence-electron chi connectivity index (χ2n) is 6.82. The number of benzene rings is 2. The van der Waals surface area contributed by atoms with Crippen LogP contribution in [0, 0.1) is 20.8 Å². The van der Waals surface area contributed by atoms with E-state index in [1.807, 2.05) is 57.2 Å². The molecule has 0 radical (unpaired) electrons. The fourth-order valence-corrected chi connectivity index (χ4v) is 5.52. The minimum absolute atomic E-state index is 0.459. The first-order valence-corrected chi connectivity index (χ1v) is 10.2. The third kappa shape index (κ3) is 3.57. The number of methoxy groups -OCH3 is 1. The maximum atomic E-state index is 13.2. The van der Waals surface area contributed by atoms with E-state index in [0.29, 0.717) is 31.1 Å². The molecule has 5 nitrogen and oxygen atoms in total. The molecule has 3 rings (SSSR count). The lowest BCUT2D eigenvalue weighted by Crippen LogP contribution is -2.48. The van der Waals surface area contributed by atoms with Gasteiger partial charge < -0.3 is 9.64 Å². The Morgan fingerprint density at radius 2 is 1.42 bits per heavy atom. The number of hydrogen-bond donors (Lipinski definition) is 0. The minimum atomic E-state index is -3.47. The molecule has 0 unspecified atom stereocenters. The summed E-state index contributed by atoms with van der Waals surface area (Å²) in [5.74, 6) is 0.820. The van der Waals surface area contributed by atoms with Crippen molar-refractivity contribution in [3.05, 3.63) is 53.1 Å². The Hall–Kier alpha value is -2.05. The molecule has 1 fully saturated rings. The number of aryl methyl sites for hydroxylation is 3. The molecular weight excluding hydrogens is 348 g/mol. The molecule has 0 atom stereocenters. The lowest BCUT2D eigenvalue weighted by molar-refractivity contribution is 0.384. The average Bonchev–Trinajstić information content (AvgIpc) is 2.61. The summed E-state index contributed by atoms with van der Waals surface area (Å²) >= 11 is 0. The Bertz CT molecular complexity index is 861. The van der Waals surface area contributed by atoms with Crippen molar-refractivity contribution in [1.29, 1.82) is 0 Å². The monoisotopic (exact) mass is 374 g/mol. The van der Waals surface area contributed by atoms with Crippen LogP contribution in [-0.4, -0.2) is 46.0 Å². The van der Waals surface area contributed by atoms with Crippen LogP contribution in [-0.2, 0) is 10.0 Å². The SMILES string of the molecule is COc1ccc(N2CCN(S(=O)(=O)c3c(C)cc(C)cc3C)CC2)cc1. The van der Waals surface area contributed by atoms with Crippen molar-refractivity contribution in [1.82, 2.24) is 4.31 Å². The third-order valence-corrected chi connectivity index (χ3v) is 7.08. The van der Waals surface area contributed by atoms with E-state index in [-0.39, 0.29) is 0 Å². The van der Waals surface area contributed by atoms with Crippen LogP contribution in [0.1, 0.15) is 16.7 Å². The van der Waals surface area contributed by atoms with E-state index in [0.717, 1.165) is 28.1 Å². The van der Waals surface area contributed by atoms with Crippen LogP contribution in [0.4, 0.5) is 5.69 Å². The fraction of sp³-hybridized carbons (Fsp3) is 0.400. The van der Waals surface area contributed by atoms with Gasteiger partial charge in [0.05, 0.1) is 12.0 Å². The molecule has 6 heteroatoms. The summed E-state index contributed by atoms with van der Waals surface area (Å²) in [5, 5.41) is 0. The van der Waals surface area contributed by atoms with E-state index in [9.17, 15) is 8.42 Å². The Morgan fingerprint density at radius 3 is 1.92 bits per heavy atom. The number of anilines is 1. The Kier molecular flexibility index (Phi) is 5.25. The van der Waals surface area contributed by atoms with Crippen molar-refractivity contribution in [2.45, 2.75) is 25.7 Å². The minimum Gasteiger partial charge on any atom is -0.497 e. The van der Waals surface area contributed by atoms with Gasteiger partial charge in [-0.05, 0) is 56.2 Å². The average molecular weight is 375 g/mol. The molecule has 140 valence electrons. The van der Waals surface area contributed by atoms with Gasteiger partial charge in [-0.2, -0.15) is 4.31 Å². The van der Waals surface area contributed by atoms with Crippen LogP contribution in [0.15, 0.2) is 41.3 Å². The Morgan fingerprint density at radius 1 is 0.885 bits per heavy atom. The summed E-state index contributed by atoms with van der Waals surface area (Å²) in [6, 6.07) is 11.8. The molecule has 2 aromatic carbocycles. The molecule has 0 aromatic heterocycles. The van der Waals surface area contributed by atoms with Gasteiger partial charge in [-0.15, -0.1) is 0 Å². The van der Waals surface area contributed by atoms with Crippen molar-refractivity contribution in [2.75, 3.05) is 38.2 Å². The zero-order valence-corrected chi connectivity index (χ0v) is 16.6. The summed E-state index contributed by atoms with van der Waals surface area (Å²) < 4.78 is 33.1.